The molecule has 0 saturated carbocycles. The summed E-state index contributed by atoms with van der Waals surface area (Å²) in [7, 11) is 0. The first-order valence-electron chi connectivity index (χ1n) is 13.0. The molecule has 0 spiro atoms. The molecule has 10 heteroatoms. The van der Waals surface area contributed by atoms with Gasteiger partial charge in [-0.3, -0.25) is 18.3 Å². The summed E-state index contributed by atoms with van der Waals surface area (Å²) >= 11 is 0. The highest BCUT2D eigenvalue weighted by atomic mass is 16.5. The Morgan fingerprint density at radius 2 is 1.11 bits per heavy atom. The maximum Gasteiger partial charge on any atom is 0.331 e. The summed E-state index contributed by atoms with van der Waals surface area (Å²) in [6.45, 7) is 16.5. The Morgan fingerprint density at radius 3 is 1.56 bits per heavy atom. The standard InChI is InChI=1S/C26H46N4O6/c1-7-27-17-21(31)29(23(27)33)19-25(3,4)11-9-13-35-14-10-15-36-16-12-26(5,6)20-30-22(32)18-28(8-2)24(30)34/h17-18,31-32H,7-16,19-20H2,1-6H3. The molecule has 0 radical (unpaired) electrons. The summed E-state index contributed by atoms with van der Waals surface area (Å²) in [6, 6.07) is 0. The first-order chi connectivity index (χ1) is 16.9. The Kier molecular flexibility index (Phi) is 10.9. The van der Waals surface area contributed by atoms with E-state index in [4.69, 9.17) is 9.47 Å². The maximum absolute atomic E-state index is 12.3. The summed E-state index contributed by atoms with van der Waals surface area (Å²) < 4.78 is 17.4. The summed E-state index contributed by atoms with van der Waals surface area (Å²) in [5.74, 6) is 0.0104. The third-order valence-corrected chi connectivity index (χ3v) is 6.55. The van der Waals surface area contributed by atoms with E-state index in [9.17, 15) is 19.8 Å². The van der Waals surface area contributed by atoms with Gasteiger partial charge < -0.3 is 19.7 Å². The van der Waals surface area contributed by atoms with Crippen LogP contribution in [0, 0.1) is 10.8 Å². The molecule has 0 aliphatic heterocycles. The van der Waals surface area contributed by atoms with E-state index in [2.05, 4.69) is 27.7 Å². The Labute approximate surface area is 214 Å². The minimum absolute atomic E-state index is 0.000893. The molecular formula is C26H46N4O6. The molecule has 0 amide bonds. The second-order valence-corrected chi connectivity index (χ2v) is 11.0. The lowest BCUT2D eigenvalue weighted by Crippen LogP contribution is -2.30. The van der Waals surface area contributed by atoms with Crippen LogP contribution >= 0.6 is 0 Å². The number of hydrogen-bond donors (Lipinski definition) is 2. The SMILES string of the molecule is CCn1cc(O)n(CC(C)(C)CCCOCCCOCCC(C)(C)Cn2c(O)cn(CC)c2=O)c1=O. The van der Waals surface area contributed by atoms with Crippen LogP contribution in [-0.2, 0) is 35.7 Å². The largest absolute Gasteiger partial charge is 0.493 e. The van der Waals surface area contributed by atoms with Crippen molar-refractivity contribution >= 4 is 0 Å². The van der Waals surface area contributed by atoms with Crippen molar-refractivity contribution in [3.8, 4) is 11.8 Å². The minimum atomic E-state index is -0.189. The van der Waals surface area contributed by atoms with Crippen LogP contribution in [0.3, 0.4) is 0 Å². The molecule has 0 unspecified atom stereocenters. The summed E-state index contributed by atoms with van der Waals surface area (Å²) in [5.41, 5.74) is -0.690. The zero-order chi connectivity index (χ0) is 26.9. The number of aromatic hydroxyl groups is 2. The number of ether oxygens (including phenoxy) is 2. The number of imidazole rings is 2. The molecule has 2 aromatic heterocycles. The number of aromatic nitrogens is 4. The van der Waals surface area contributed by atoms with Crippen molar-refractivity contribution in [2.75, 3.05) is 26.4 Å². The van der Waals surface area contributed by atoms with Gasteiger partial charge in [0.1, 0.15) is 0 Å². The maximum atomic E-state index is 12.3. The van der Waals surface area contributed by atoms with E-state index in [0.29, 0.717) is 52.6 Å². The average Bonchev–Trinajstić information content (AvgIpc) is 3.23. The molecule has 206 valence electrons. The fourth-order valence-electron chi connectivity index (χ4n) is 4.27. The lowest BCUT2D eigenvalue weighted by molar-refractivity contribution is 0.0633. The van der Waals surface area contributed by atoms with Crippen LogP contribution in [0.5, 0.6) is 11.8 Å². The average molecular weight is 511 g/mol. The Hall–Kier alpha value is -2.46. The predicted octanol–water partition coefficient (Wildman–Crippen LogP) is 3.41. The first kappa shape index (κ1) is 29.8. The first-order valence-corrected chi connectivity index (χ1v) is 13.0. The normalized spacial score (nSPS) is 12.5. The highest BCUT2D eigenvalue weighted by Gasteiger charge is 2.23. The van der Waals surface area contributed by atoms with E-state index in [0.717, 1.165) is 25.7 Å². The van der Waals surface area contributed by atoms with Gasteiger partial charge in [-0.1, -0.05) is 27.7 Å². The molecule has 2 heterocycles. The third-order valence-electron chi connectivity index (χ3n) is 6.55. The van der Waals surface area contributed by atoms with Crippen molar-refractivity contribution < 1.29 is 19.7 Å². The third kappa shape index (κ3) is 8.58. The van der Waals surface area contributed by atoms with Crippen LogP contribution in [0.15, 0.2) is 22.0 Å². The summed E-state index contributed by atoms with van der Waals surface area (Å²) in [4.78, 5) is 24.6. The Morgan fingerprint density at radius 1 is 0.694 bits per heavy atom. The molecule has 0 bridgehead atoms. The zero-order valence-electron chi connectivity index (χ0n) is 23.0. The van der Waals surface area contributed by atoms with Gasteiger partial charge in [0.25, 0.3) is 0 Å². The molecule has 2 N–H and O–H groups in total. The highest BCUT2D eigenvalue weighted by molar-refractivity contribution is 5.06. The molecule has 10 nitrogen and oxygen atoms in total. The molecule has 0 aliphatic carbocycles. The van der Waals surface area contributed by atoms with Crippen molar-refractivity contribution in [3.63, 3.8) is 0 Å². The predicted molar refractivity (Wildman–Crippen MR) is 140 cm³/mol. The van der Waals surface area contributed by atoms with Crippen LogP contribution in [0.25, 0.3) is 0 Å². The Balaban J connectivity index is 1.58. The van der Waals surface area contributed by atoms with E-state index >= 15 is 0 Å². The van der Waals surface area contributed by atoms with E-state index in [1.807, 2.05) is 13.8 Å². The molecule has 2 aromatic rings. The molecule has 0 saturated heterocycles. The van der Waals surface area contributed by atoms with Crippen molar-refractivity contribution in [2.45, 2.75) is 93.4 Å². The van der Waals surface area contributed by atoms with Gasteiger partial charge in [0, 0.05) is 52.6 Å². The van der Waals surface area contributed by atoms with E-state index in [1.165, 1.54) is 30.7 Å². The molecule has 0 atom stereocenters. The van der Waals surface area contributed by atoms with Crippen molar-refractivity contribution in [1.29, 1.82) is 0 Å². The number of nitrogens with zero attached hydrogens (tertiary/aromatic N) is 4. The Bertz CT molecular complexity index is 975. The van der Waals surface area contributed by atoms with Gasteiger partial charge >= 0.3 is 11.4 Å². The van der Waals surface area contributed by atoms with Gasteiger partial charge in [-0.2, -0.15) is 0 Å². The van der Waals surface area contributed by atoms with E-state index < -0.39 is 0 Å². The van der Waals surface area contributed by atoms with Crippen molar-refractivity contribution in [3.05, 3.63) is 33.4 Å². The van der Waals surface area contributed by atoms with Crippen LogP contribution < -0.4 is 11.4 Å². The lowest BCUT2D eigenvalue weighted by Gasteiger charge is -2.25. The molecule has 36 heavy (non-hydrogen) atoms. The number of aryl methyl sites for hydroxylation is 2. The van der Waals surface area contributed by atoms with Gasteiger partial charge in [0.2, 0.25) is 11.8 Å². The van der Waals surface area contributed by atoms with Crippen molar-refractivity contribution in [2.24, 2.45) is 10.8 Å². The quantitative estimate of drug-likeness (QED) is 0.315. The van der Waals surface area contributed by atoms with E-state index in [1.54, 1.807) is 0 Å². The van der Waals surface area contributed by atoms with Crippen LogP contribution in [0.1, 0.15) is 67.2 Å². The molecule has 0 aliphatic rings. The summed E-state index contributed by atoms with van der Waals surface area (Å²) in [6.07, 6.45) is 6.29. The monoisotopic (exact) mass is 510 g/mol. The van der Waals surface area contributed by atoms with Gasteiger partial charge in [-0.05, 0) is 50.4 Å². The van der Waals surface area contributed by atoms with Gasteiger partial charge in [-0.25, -0.2) is 9.59 Å². The van der Waals surface area contributed by atoms with Gasteiger partial charge in [0.15, 0.2) is 0 Å². The van der Waals surface area contributed by atoms with Gasteiger partial charge in [0.05, 0.1) is 12.4 Å². The molecule has 2 rings (SSSR count). The number of hydrogen-bond acceptors (Lipinski definition) is 6. The molecule has 0 fully saturated rings. The molecular weight excluding hydrogens is 464 g/mol. The second kappa shape index (κ2) is 13.2. The van der Waals surface area contributed by atoms with Crippen molar-refractivity contribution in [1.82, 2.24) is 18.3 Å². The van der Waals surface area contributed by atoms with E-state index in [-0.39, 0.29) is 34.0 Å². The topological polar surface area (TPSA) is 113 Å². The lowest BCUT2D eigenvalue weighted by atomic mass is 9.88. The second-order valence-electron chi connectivity index (χ2n) is 11.0. The molecule has 0 aromatic carbocycles. The summed E-state index contributed by atoms with van der Waals surface area (Å²) in [5, 5.41) is 20.1. The van der Waals surface area contributed by atoms with Crippen LogP contribution in [0.4, 0.5) is 0 Å². The van der Waals surface area contributed by atoms with Gasteiger partial charge in [-0.15, -0.1) is 0 Å². The fourth-order valence-corrected chi connectivity index (χ4v) is 4.27. The minimum Gasteiger partial charge on any atom is -0.493 e. The van der Waals surface area contributed by atoms with Crippen LogP contribution in [-0.4, -0.2) is 54.9 Å². The zero-order valence-corrected chi connectivity index (χ0v) is 23.0. The number of rotatable bonds is 17. The highest BCUT2D eigenvalue weighted by Crippen LogP contribution is 2.26. The fraction of sp³-hybridized carbons (Fsp3) is 0.769. The smallest absolute Gasteiger partial charge is 0.331 e. The van der Waals surface area contributed by atoms with Crippen LogP contribution in [0.2, 0.25) is 0 Å².